The zero-order valence-corrected chi connectivity index (χ0v) is 14.5. The van der Waals surface area contributed by atoms with Crippen LogP contribution in [0.2, 0.25) is 0 Å². The molecule has 4 rings (SSSR count). The second-order valence-corrected chi connectivity index (χ2v) is 7.04. The van der Waals surface area contributed by atoms with Gasteiger partial charge >= 0.3 is 0 Å². The van der Waals surface area contributed by atoms with E-state index in [1.165, 1.54) is 0 Å². The Morgan fingerprint density at radius 1 is 1.24 bits per heavy atom. The maximum absolute atomic E-state index is 11.4. The van der Waals surface area contributed by atoms with Crippen LogP contribution in [0.5, 0.6) is 0 Å². The molecule has 1 amide bonds. The topological polar surface area (TPSA) is 79.8 Å². The molecule has 0 radical (unpaired) electrons. The van der Waals surface area contributed by atoms with E-state index in [9.17, 15) is 4.79 Å². The third-order valence-electron chi connectivity index (χ3n) is 3.99. The van der Waals surface area contributed by atoms with Crippen LogP contribution in [0.1, 0.15) is 29.5 Å². The molecule has 0 spiro atoms. The predicted molar refractivity (Wildman–Crippen MR) is 97.7 cm³/mol. The lowest BCUT2D eigenvalue weighted by Crippen LogP contribution is -2.17. The molecule has 0 aliphatic carbocycles. The van der Waals surface area contributed by atoms with Crippen LogP contribution >= 0.6 is 11.3 Å². The van der Waals surface area contributed by atoms with E-state index in [0.717, 1.165) is 39.2 Å². The lowest BCUT2D eigenvalue weighted by molar-refractivity contribution is -0.119. The number of hydrogen-bond acceptors (Lipinski definition) is 6. The molecule has 0 aromatic carbocycles. The number of hydrogen-bond donors (Lipinski definition) is 2. The van der Waals surface area contributed by atoms with Crippen LogP contribution in [0.25, 0.3) is 10.6 Å². The number of thiazole rings is 1. The molecule has 1 aliphatic rings. The summed E-state index contributed by atoms with van der Waals surface area (Å²) in [6, 6.07) is 9.78. The lowest BCUT2D eigenvalue weighted by Gasteiger charge is -2.06. The van der Waals surface area contributed by atoms with Crippen molar-refractivity contribution in [2.24, 2.45) is 0 Å². The average Bonchev–Trinajstić information content (AvgIpc) is 3.24. The zero-order chi connectivity index (χ0) is 17.2. The highest BCUT2D eigenvalue weighted by atomic mass is 32.1. The number of carbonyl (C=O) groups excluding carboxylic acids is 1. The highest BCUT2D eigenvalue weighted by Crippen LogP contribution is 2.32. The summed E-state index contributed by atoms with van der Waals surface area (Å²) in [5, 5.41) is 7.11. The van der Waals surface area contributed by atoms with Crippen LogP contribution in [0.4, 0.5) is 11.6 Å². The van der Waals surface area contributed by atoms with Crippen molar-refractivity contribution >= 4 is 28.9 Å². The second-order valence-electron chi connectivity index (χ2n) is 5.97. The molecule has 3 aromatic rings. The van der Waals surface area contributed by atoms with Crippen molar-refractivity contribution < 1.29 is 4.79 Å². The molecular weight excluding hydrogens is 334 g/mol. The van der Waals surface area contributed by atoms with Gasteiger partial charge in [0.1, 0.15) is 16.6 Å². The van der Waals surface area contributed by atoms with Crippen LogP contribution in [-0.2, 0) is 4.79 Å². The summed E-state index contributed by atoms with van der Waals surface area (Å²) in [4.78, 5) is 25.8. The molecule has 4 heterocycles. The normalized spacial score (nSPS) is 16.7. The van der Waals surface area contributed by atoms with Crippen molar-refractivity contribution in [1.82, 2.24) is 20.3 Å². The van der Waals surface area contributed by atoms with Crippen molar-refractivity contribution in [2.45, 2.75) is 25.8 Å². The quantitative estimate of drug-likeness (QED) is 0.751. The van der Waals surface area contributed by atoms with Crippen molar-refractivity contribution in [3.63, 3.8) is 0 Å². The number of aryl methyl sites for hydroxylation is 1. The number of nitrogens with one attached hydrogen (secondary N) is 2. The first kappa shape index (κ1) is 15.7. The van der Waals surface area contributed by atoms with Gasteiger partial charge in [0.2, 0.25) is 5.91 Å². The van der Waals surface area contributed by atoms with Crippen LogP contribution in [0, 0.1) is 6.92 Å². The van der Waals surface area contributed by atoms with Gasteiger partial charge < -0.3 is 10.6 Å². The molecule has 0 bridgehead atoms. The van der Waals surface area contributed by atoms with Gasteiger partial charge in [0, 0.05) is 18.8 Å². The highest BCUT2D eigenvalue weighted by molar-refractivity contribution is 7.15. The van der Waals surface area contributed by atoms with E-state index in [1.807, 2.05) is 43.5 Å². The minimum atomic E-state index is 0.0315. The minimum absolute atomic E-state index is 0.0315. The van der Waals surface area contributed by atoms with Crippen molar-refractivity contribution in [2.75, 3.05) is 5.32 Å². The minimum Gasteiger partial charge on any atom is -0.347 e. The Hall–Kier alpha value is -2.80. The molecule has 7 heteroatoms. The fraction of sp³-hybridized carbons (Fsp3) is 0.222. The Bertz CT molecular complexity index is 923. The first-order valence-corrected chi connectivity index (χ1v) is 8.91. The number of nitrogens with zero attached hydrogens (tertiary/aromatic N) is 3. The summed E-state index contributed by atoms with van der Waals surface area (Å²) in [5.74, 6) is 1.60. The maximum Gasteiger partial charge on any atom is 0.220 e. The molecule has 2 N–H and O–H groups in total. The molecule has 1 fully saturated rings. The smallest absolute Gasteiger partial charge is 0.220 e. The molecular formula is C18H17N5OS. The summed E-state index contributed by atoms with van der Waals surface area (Å²) in [6.45, 7) is 2.03. The van der Waals surface area contributed by atoms with E-state index >= 15 is 0 Å². The molecule has 6 nitrogen and oxygen atoms in total. The Morgan fingerprint density at radius 2 is 2.16 bits per heavy atom. The van der Waals surface area contributed by atoms with Gasteiger partial charge in [-0.3, -0.25) is 4.79 Å². The van der Waals surface area contributed by atoms with E-state index in [2.05, 4.69) is 25.6 Å². The van der Waals surface area contributed by atoms with Crippen LogP contribution in [0.3, 0.4) is 0 Å². The lowest BCUT2D eigenvalue weighted by atomic mass is 10.2. The summed E-state index contributed by atoms with van der Waals surface area (Å²) < 4.78 is 0. The van der Waals surface area contributed by atoms with Gasteiger partial charge in [-0.15, -0.1) is 11.3 Å². The number of amides is 1. The van der Waals surface area contributed by atoms with Gasteiger partial charge in [-0.05, 0) is 43.2 Å². The molecule has 0 saturated carbocycles. The summed E-state index contributed by atoms with van der Waals surface area (Å²) in [6.07, 6.45) is 4.97. The number of rotatable bonds is 4. The van der Waals surface area contributed by atoms with E-state index in [1.54, 1.807) is 17.5 Å². The number of anilines is 2. The number of carbonyl (C=O) groups is 1. The molecule has 1 saturated heterocycles. The van der Waals surface area contributed by atoms with Gasteiger partial charge in [0.05, 0.1) is 16.6 Å². The summed E-state index contributed by atoms with van der Waals surface area (Å²) >= 11 is 1.57. The van der Waals surface area contributed by atoms with E-state index in [-0.39, 0.29) is 11.9 Å². The molecule has 1 atom stereocenters. The molecule has 0 unspecified atom stereocenters. The Morgan fingerprint density at radius 3 is 2.96 bits per heavy atom. The third-order valence-corrected chi connectivity index (χ3v) is 5.12. The predicted octanol–water partition coefficient (Wildman–Crippen LogP) is 3.60. The Balaban J connectivity index is 1.55. The van der Waals surface area contributed by atoms with Crippen LogP contribution in [0.15, 0.2) is 42.7 Å². The highest BCUT2D eigenvalue weighted by Gasteiger charge is 2.25. The Labute approximate surface area is 149 Å². The first-order chi connectivity index (χ1) is 12.2. The van der Waals surface area contributed by atoms with Crippen molar-refractivity contribution in [3.05, 3.63) is 53.3 Å². The van der Waals surface area contributed by atoms with Crippen molar-refractivity contribution in [3.8, 4) is 10.6 Å². The van der Waals surface area contributed by atoms with E-state index < -0.39 is 0 Å². The first-order valence-electron chi connectivity index (χ1n) is 8.09. The van der Waals surface area contributed by atoms with Gasteiger partial charge in [-0.2, -0.15) is 0 Å². The van der Waals surface area contributed by atoms with Gasteiger partial charge in [0.15, 0.2) is 0 Å². The maximum atomic E-state index is 11.4. The van der Waals surface area contributed by atoms with Crippen molar-refractivity contribution in [1.29, 1.82) is 0 Å². The summed E-state index contributed by atoms with van der Waals surface area (Å²) in [7, 11) is 0. The standard InChI is InChI=1S/C18H17N5OS/c1-11-7-8-19-16(9-11)23-15-4-2-3-12(21-15)14-10-20-18(25-14)13-5-6-17(24)22-13/h2-4,7-10,13H,5-6H2,1H3,(H,22,24)(H,19,21,23)/t13-/m0/s1. The van der Waals surface area contributed by atoms with Gasteiger partial charge in [-0.25, -0.2) is 15.0 Å². The molecule has 25 heavy (non-hydrogen) atoms. The third kappa shape index (κ3) is 3.51. The molecule has 1 aliphatic heterocycles. The Kier molecular flexibility index (Phi) is 4.15. The SMILES string of the molecule is Cc1ccnc(Nc2cccc(-c3cnc([C@@H]4CCC(=O)N4)s3)n2)c1. The van der Waals surface area contributed by atoms with Gasteiger partial charge in [-0.1, -0.05) is 6.07 Å². The van der Waals surface area contributed by atoms with Gasteiger partial charge in [0.25, 0.3) is 0 Å². The fourth-order valence-corrected chi connectivity index (χ4v) is 3.72. The fourth-order valence-electron chi connectivity index (χ4n) is 2.74. The largest absolute Gasteiger partial charge is 0.347 e. The zero-order valence-electron chi connectivity index (χ0n) is 13.7. The second kappa shape index (κ2) is 6.60. The van der Waals surface area contributed by atoms with Crippen LogP contribution in [-0.4, -0.2) is 20.9 Å². The van der Waals surface area contributed by atoms with E-state index in [4.69, 9.17) is 0 Å². The van der Waals surface area contributed by atoms with E-state index in [0.29, 0.717) is 6.42 Å². The average molecular weight is 351 g/mol. The number of pyridine rings is 2. The monoisotopic (exact) mass is 351 g/mol. The molecule has 3 aromatic heterocycles. The molecule has 126 valence electrons. The number of aromatic nitrogens is 3. The summed E-state index contributed by atoms with van der Waals surface area (Å²) in [5.41, 5.74) is 1.99. The van der Waals surface area contributed by atoms with Crippen LogP contribution < -0.4 is 10.6 Å².